The van der Waals surface area contributed by atoms with Gasteiger partial charge in [0.2, 0.25) is 0 Å². The predicted molar refractivity (Wildman–Crippen MR) is 77.3 cm³/mol. The first-order valence-electron chi connectivity index (χ1n) is 5.96. The summed E-state index contributed by atoms with van der Waals surface area (Å²) in [7, 11) is 1.91. The maximum atomic E-state index is 5.52. The zero-order valence-corrected chi connectivity index (χ0v) is 12.7. The number of ether oxygens (including phenoxy) is 1. The smallest absolute Gasteiger partial charge is 0.166 e. The van der Waals surface area contributed by atoms with E-state index in [9.17, 15) is 0 Å². The second-order valence-electron chi connectivity index (χ2n) is 4.26. The van der Waals surface area contributed by atoms with Crippen LogP contribution in [-0.4, -0.2) is 34.1 Å². The van der Waals surface area contributed by atoms with E-state index in [0.29, 0.717) is 17.8 Å². The van der Waals surface area contributed by atoms with Crippen LogP contribution in [-0.2, 0) is 18.3 Å². The van der Waals surface area contributed by atoms with Crippen molar-refractivity contribution in [1.82, 2.24) is 20.4 Å². The zero-order chi connectivity index (χ0) is 13.0. The number of hydrogen-bond donors (Lipinski definition) is 2. The topological polar surface area (TPSA) is 51.1 Å². The Labute approximate surface area is 120 Å². The van der Waals surface area contributed by atoms with Gasteiger partial charge in [-0.3, -0.25) is 4.68 Å². The zero-order valence-electron chi connectivity index (χ0n) is 10.3. The van der Waals surface area contributed by atoms with Crippen LogP contribution in [0.4, 0.5) is 0 Å². The third-order valence-corrected chi connectivity index (χ3v) is 3.89. The number of aromatic nitrogens is 2. The van der Waals surface area contributed by atoms with Crippen LogP contribution in [0.2, 0.25) is 0 Å². The van der Waals surface area contributed by atoms with Gasteiger partial charge in [-0.1, -0.05) is 0 Å². The number of rotatable bonds is 4. The molecule has 1 unspecified atom stereocenters. The van der Waals surface area contributed by atoms with Gasteiger partial charge < -0.3 is 15.4 Å². The molecular formula is C11H17BrN4OS. The summed E-state index contributed by atoms with van der Waals surface area (Å²) in [6.07, 6.45) is 4.34. The molecule has 5 nitrogen and oxygen atoms in total. The normalized spacial score (nSPS) is 18.9. The minimum Gasteiger partial charge on any atom is -0.376 e. The van der Waals surface area contributed by atoms with Crippen molar-refractivity contribution in [2.24, 2.45) is 7.05 Å². The van der Waals surface area contributed by atoms with Gasteiger partial charge >= 0.3 is 0 Å². The van der Waals surface area contributed by atoms with E-state index in [1.165, 1.54) is 0 Å². The molecule has 18 heavy (non-hydrogen) atoms. The Morgan fingerprint density at radius 2 is 2.50 bits per heavy atom. The molecule has 1 saturated heterocycles. The van der Waals surface area contributed by atoms with Gasteiger partial charge in [0.1, 0.15) is 0 Å². The largest absolute Gasteiger partial charge is 0.376 e. The molecule has 0 spiro atoms. The highest BCUT2D eigenvalue weighted by molar-refractivity contribution is 9.10. The fourth-order valence-electron chi connectivity index (χ4n) is 1.87. The molecule has 0 amide bonds. The van der Waals surface area contributed by atoms with Crippen LogP contribution in [0.3, 0.4) is 0 Å². The Bertz CT molecular complexity index is 398. The van der Waals surface area contributed by atoms with Crippen molar-refractivity contribution >= 4 is 33.3 Å². The van der Waals surface area contributed by atoms with Gasteiger partial charge in [0.25, 0.3) is 0 Å². The summed E-state index contributed by atoms with van der Waals surface area (Å²) in [5, 5.41) is 11.1. The van der Waals surface area contributed by atoms with Crippen molar-refractivity contribution in [3.8, 4) is 0 Å². The van der Waals surface area contributed by atoms with E-state index in [2.05, 4.69) is 31.7 Å². The average molecular weight is 333 g/mol. The molecular weight excluding hydrogens is 316 g/mol. The molecule has 2 heterocycles. The summed E-state index contributed by atoms with van der Waals surface area (Å²) in [6, 6.07) is 0. The molecule has 1 aliphatic rings. The first-order valence-corrected chi connectivity index (χ1v) is 7.16. The van der Waals surface area contributed by atoms with Gasteiger partial charge in [-0.05, 0) is 41.0 Å². The SMILES string of the molecule is Cn1ncc(Br)c1CNC(=S)NCC1CCCO1. The molecule has 1 aliphatic heterocycles. The van der Waals surface area contributed by atoms with Crippen LogP contribution in [0.25, 0.3) is 0 Å². The van der Waals surface area contributed by atoms with Crippen LogP contribution in [0.15, 0.2) is 10.7 Å². The fourth-order valence-corrected chi connectivity index (χ4v) is 2.52. The number of nitrogens with one attached hydrogen (secondary N) is 2. The molecule has 1 atom stereocenters. The Kier molecular flexibility index (Phi) is 4.96. The standard InChI is InChI=1S/C11H17BrN4OS/c1-16-10(9(12)6-15-16)7-14-11(18)13-5-8-3-2-4-17-8/h6,8H,2-5,7H2,1H3,(H2,13,14,18). The van der Waals surface area contributed by atoms with Crippen LogP contribution in [0, 0.1) is 0 Å². The summed E-state index contributed by atoms with van der Waals surface area (Å²) >= 11 is 8.68. The van der Waals surface area contributed by atoms with Crippen molar-refractivity contribution in [2.75, 3.05) is 13.2 Å². The molecule has 1 aromatic rings. The van der Waals surface area contributed by atoms with E-state index in [4.69, 9.17) is 17.0 Å². The van der Waals surface area contributed by atoms with Crippen molar-refractivity contribution in [3.05, 3.63) is 16.4 Å². The quantitative estimate of drug-likeness (QED) is 0.814. The highest BCUT2D eigenvalue weighted by atomic mass is 79.9. The summed E-state index contributed by atoms with van der Waals surface area (Å²) in [5.41, 5.74) is 1.07. The molecule has 7 heteroatoms. The summed E-state index contributed by atoms with van der Waals surface area (Å²) in [6.45, 7) is 2.29. The van der Waals surface area contributed by atoms with Gasteiger partial charge in [-0.2, -0.15) is 5.10 Å². The molecule has 0 aromatic carbocycles. The van der Waals surface area contributed by atoms with Gasteiger partial charge in [-0.15, -0.1) is 0 Å². The number of halogens is 1. The third-order valence-electron chi connectivity index (χ3n) is 2.94. The van der Waals surface area contributed by atoms with Crippen LogP contribution in [0.1, 0.15) is 18.5 Å². The van der Waals surface area contributed by atoms with E-state index in [-0.39, 0.29) is 0 Å². The number of aryl methyl sites for hydroxylation is 1. The summed E-state index contributed by atoms with van der Waals surface area (Å²) in [5.74, 6) is 0. The maximum absolute atomic E-state index is 5.52. The third kappa shape index (κ3) is 3.66. The van der Waals surface area contributed by atoms with Crippen LogP contribution in [0.5, 0.6) is 0 Å². The van der Waals surface area contributed by atoms with E-state index in [0.717, 1.165) is 36.2 Å². The van der Waals surface area contributed by atoms with Crippen molar-refractivity contribution in [1.29, 1.82) is 0 Å². The molecule has 2 rings (SSSR count). The fraction of sp³-hybridized carbons (Fsp3) is 0.636. The highest BCUT2D eigenvalue weighted by Crippen LogP contribution is 2.14. The number of hydrogen-bond acceptors (Lipinski definition) is 3. The molecule has 0 aliphatic carbocycles. The average Bonchev–Trinajstić information content (AvgIpc) is 2.96. The Morgan fingerprint density at radius 3 is 3.11 bits per heavy atom. The molecule has 100 valence electrons. The second-order valence-corrected chi connectivity index (χ2v) is 5.52. The molecule has 1 aromatic heterocycles. The maximum Gasteiger partial charge on any atom is 0.166 e. The monoisotopic (exact) mass is 332 g/mol. The molecule has 1 fully saturated rings. The molecule has 0 bridgehead atoms. The number of nitrogens with zero attached hydrogens (tertiary/aromatic N) is 2. The van der Waals surface area contributed by atoms with Crippen molar-refractivity contribution in [2.45, 2.75) is 25.5 Å². The lowest BCUT2D eigenvalue weighted by Crippen LogP contribution is -2.39. The molecule has 2 N–H and O–H groups in total. The van der Waals surface area contributed by atoms with Crippen LogP contribution < -0.4 is 10.6 Å². The second kappa shape index (κ2) is 6.49. The lowest BCUT2D eigenvalue weighted by atomic mass is 10.2. The molecule has 0 radical (unpaired) electrons. The minimum absolute atomic E-state index is 0.299. The number of thiocarbonyl (C=S) groups is 1. The lowest BCUT2D eigenvalue weighted by molar-refractivity contribution is 0.114. The molecule has 0 saturated carbocycles. The van der Waals surface area contributed by atoms with Gasteiger partial charge in [-0.25, -0.2) is 0 Å². The van der Waals surface area contributed by atoms with E-state index >= 15 is 0 Å². The lowest BCUT2D eigenvalue weighted by Gasteiger charge is -2.14. The Hall–Kier alpha value is -0.660. The summed E-state index contributed by atoms with van der Waals surface area (Å²) in [4.78, 5) is 0. The van der Waals surface area contributed by atoms with E-state index in [1.54, 1.807) is 6.20 Å². The first kappa shape index (κ1) is 13.8. The minimum atomic E-state index is 0.299. The highest BCUT2D eigenvalue weighted by Gasteiger charge is 2.15. The Balaban J connectivity index is 1.71. The van der Waals surface area contributed by atoms with Gasteiger partial charge in [0, 0.05) is 20.2 Å². The Morgan fingerprint density at radius 1 is 1.67 bits per heavy atom. The summed E-state index contributed by atoms with van der Waals surface area (Å²) < 4.78 is 8.33. The first-order chi connectivity index (χ1) is 8.66. The van der Waals surface area contributed by atoms with E-state index in [1.807, 2.05) is 11.7 Å². The predicted octanol–water partition coefficient (Wildman–Crippen LogP) is 1.33. The van der Waals surface area contributed by atoms with Crippen molar-refractivity contribution < 1.29 is 4.74 Å². The van der Waals surface area contributed by atoms with Crippen LogP contribution >= 0.6 is 28.1 Å². The van der Waals surface area contributed by atoms with Gasteiger partial charge in [0.15, 0.2) is 5.11 Å². The van der Waals surface area contributed by atoms with E-state index < -0.39 is 0 Å². The van der Waals surface area contributed by atoms with Crippen molar-refractivity contribution in [3.63, 3.8) is 0 Å². The van der Waals surface area contributed by atoms with Gasteiger partial charge in [0.05, 0.1) is 29.0 Å².